The van der Waals surface area contributed by atoms with E-state index in [9.17, 15) is 14.4 Å². The molecule has 0 aromatic heterocycles. The van der Waals surface area contributed by atoms with E-state index in [-0.39, 0.29) is 12.4 Å². The summed E-state index contributed by atoms with van der Waals surface area (Å²) in [5.41, 5.74) is 11.6. The number of hydrogen-bond donors (Lipinski definition) is 5. The number of nitrogens with one attached hydrogen (secondary N) is 3. The Hall–Kier alpha value is -2.49. The molecule has 0 unspecified atom stereocenters. The Morgan fingerprint density at radius 3 is 2.37 bits per heavy atom. The van der Waals surface area contributed by atoms with E-state index in [1.165, 1.54) is 6.92 Å². The van der Waals surface area contributed by atoms with Crippen LogP contribution in [0.4, 0.5) is 4.79 Å². The number of nitrogens with two attached hydrogens (primary N) is 2. The van der Waals surface area contributed by atoms with Crippen LogP contribution in [0, 0.1) is 0 Å². The molecule has 7 N–H and O–H groups in total. The highest BCUT2D eigenvalue weighted by Crippen LogP contribution is 2.03. The molecule has 0 aliphatic carbocycles. The SMILES string of the molecule is CC(=O)[C@H](C)NC(=O)[C@H](CCCNC(N)N)NC(=O)OCc1ccccc1. The first kappa shape index (κ1) is 22.6. The number of amides is 2. The summed E-state index contributed by atoms with van der Waals surface area (Å²) in [6.45, 7) is 3.53. The zero-order valence-corrected chi connectivity index (χ0v) is 15.7. The molecule has 9 heteroatoms. The van der Waals surface area contributed by atoms with Crippen LogP contribution in [0.5, 0.6) is 0 Å². The van der Waals surface area contributed by atoms with Crippen molar-refractivity contribution in [2.24, 2.45) is 11.5 Å². The van der Waals surface area contributed by atoms with E-state index in [1.807, 2.05) is 30.3 Å². The number of hydrogen-bond acceptors (Lipinski definition) is 7. The van der Waals surface area contributed by atoms with Crippen LogP contribution in [0.1, 0.15) is 32.3 Å². The second-order valence-corrected chi connectivity index (χ2v) is 6.22. The minimum Gasteiger partial charge on any atom is -0.445 e. The van der Waals surface area contributed by atoms with Crippen molar-refractivity contribution in [3.63, 3.8) is 0 Å². The number of benzene rings is 1. The van der Waals surface area contributed by atoms with Crippen LogP contribution in [-0.2, 0) is 20.9 Å². The molecule has 0 fully saturated rings. The molecule has 150 valence electrons. The quantitative estimate of drug-likeness (QED) is 0.267. The number of carbonyl (C=O) groups excluding carboxylic acids is 3. The largest absolute Gasteiger partial charge is 0.445 e. The lowest BCUT2D eigenvalue weighted by Crippen LogP contribution is -2.51. The maximum Gasteiger partial charge on any atom is 0.408 e. The van der Waals surface area contributed by atoms with E-state index in [2.05, 4.69) is 16.0 Å². The van der Waals surface area contributed by atoms with E-state index in [1.54, 1.807) is 6.92 Å². The number of carbonyl (C=O) groups is 3. The smallest absolute Gasteiger partial charge is 0.408 e. The highest BCUT2D eigenvalue weighted by Gasteiger charge is 2.23. The predicted molar refractivity (Wildman–Crippen MR) is 101 cm³/mol. The van der Waals surface area contributed by atoms with Gasteiger partial charge in [-0.25, -0.2) is 4.79 Å². The van der Waals surface area contributed by atoms with Gasteiger partial charge in [-0.15, -0.1) is 0 Å². The molecule has 27 heavy (non-hydrogen) atoms. The summed E-state index contributed by atoms with van der Waals surface area (Å²) in [7, 11) is 0. The first-order valence-corrected chi connectivity index (χ1v) is 8.82. The summed E-state index contributed by atoms with van der Waals surface area (Å²) in [6.07, 6.45) is -0.496. The number of alkyl carbamates (subject to hydrolysis) is 1. The predicted octanol–water partition coefficient (Wildman–Crippen LogP) is -0.0541. The molecular weight excluding hydrogens is 350 g/mol. The highest BCUT2D eigenvalue weighted by molar-refractivity contribution is 5.90. The molecule has 2 atom stereocenters. The van der Waals surface area contributed by atoms with Gasteiger partial charge in [0.1, 0.15) is 18.9 Å². The minimum atomic E-state index is -0.842. The first-order chi connectivity index (χ1) is 12.8. The molecule has 0 aliphatic heterocycles. The first-order valence-electron chi connectivity index (χ1n) is 8.82. The Balaban J connectivity index is 2.58. The highest BCUT2D eigenvalue weighted by atomic mass is 16.5. The summed E-state index contributed by atoms with van der Waals surface area (Å²) in [5.74, 6) is -0.629. The van der Waals surface area contributed by atoms with Gasteiger partial charge in [0.05, 0.1) is 6.04 Å². The molecule has 0 bridgehead atoms. The molecule has 9 nitrogen and oxygen atoms in total. The van der Waals surface area contributed by atoms with Gasteiger partial charge in [0.25, 0.3) is 0 Å². The molecule has 0 radical (unpaired) electrons. The Morgan fingerprint density at radius 1 is 1.11 bits per heavy atom. The Bertz CT molecular complexity index is 609. The van der Waals surface area contributed by atoms with Crippen LogP contribution < -0.4 is 27.4 Å². The van der Waals surface area contributed by atoms with E-state index in [0.717, 1.165) is 5.56 Å². The second kappa shape index (κ2) is 12.0. The van der Waals surface area contributed by atoms with Crippen LogP contribution in [-0.4, -0.2) is 42.7 Å². The fourth-order valence-corrected chi connectivity index (χ4v) is 2.17. The summed E-state index contributed by atoms with van der Waals surface area (Å²) in [6, 6.07) is 7.71. The number of rotatable bonds is 11. The van der Waals surface area contributed by atoms with Gasteiger partial charge in [-0.1, -0.05) is 30.3 Å². The Morgan fingerprint density at radius 2 is 1.78 bits per heavy atom. The monoisotopic (exact) mass is 379 g/mol. The molecular formula is C18H29N5O4. The third kappa shape index (κ3) is 9.69. The lowest BCUT2D eigenvalue weighted by molar-refractivity contribution is -0.127. The van der Waals surface area contributed by atoms with E-state index >= 15 is 0 Å². The zero-order chi connectivity index (χ0) is 20.2. The second-order valence-electron chi connectivity index (χ2n) is 6.22. The fraction of sp³-hybridized carbons (Fsp3) is 0.500. The van der Waals surface area contributed by atoms with E-state index in [0.29, 0.717) is 19.4 Å². The summed E-state index contributed by atoms with van der Waals surface area (Å²) < 4.78 is 5.15. The minimum absolute atomic E-state index is 0.0917. The molecule has 1 rings (SSSR count). The van der Waals surface area contributed by atoms with Crippen molar-refractivity contribution in [3.05, 3.63) is 35.9 Å². The molecule has 0 saturated carbocycles. The van der Waals surface area contributed by atoms with Crippen LogP contribution in [0.3, 0.4) is 0 Å². The molecule has 0 heterocycles. The maximum absolute atomic E-state index is 12.4. The van der Waals surface area contributed by atoms with E-state index in [4.69, 9.17) is 16.2 Å². The maximum atomic E-state index is 12.4. The number of ketones is 1. The van der Waals surface area contributed by atoms with Crippen molar-refractivity contribution in [2.45, 2.75) is 51.7 Å². The van der Waals surface area contributed by atoms with Gasteiger partial charge in [0.15, 0.2) is 5.78 Å². The molecule has 1 aromatic carbocycles. The summed E-state index contributed by atoms with van der Waals surface area (Å²) >= 11 is 0. The molecule has 0 aliphatic rings. The van der Waals surface area contributed by atoms with Crippen LogP contribution in [0.15, 0.2) is 30.3 Å². The average Bonchev–Trinajstić information content (AvgIpc) is 2.62. The third-order valence-corrected chi connectivity index (χ3v) is 3.84. The van der Waals surface area contributed by atoms with Crippen LogP contribution in [0.2, 0.25) is 0 Å². The third-order valence-electron chi connectivity index (χ3n) is 3.84. The Labute approximate surface area is 159 Å². The van der Waals surface area contributed by atoms with Gasteiger partial charge >= 0.3 is 6.09 Å². The fourth-order valence-electron chi connectivity index (χ4n) is 2.17. The molecule has 0 spiro atoms. The topological polar surface area (TPSA) is 149 Å². The van der Waals surface area contributed by atoms with Crippen molar-refractivity contribution >= 4 is 17.8 Å². The molecule has 1 aromatic rings. The normalized spacial score (nSPS) is 12.9. The summed E-state index contributed by atoms with van der Waals surface area (Å²) in [4.78, 5) is 35.8. The molecule has 0 saturated heterocycles. The van der Waals surface area contributed by atoms with Crippen molar-refractivity contribution in [3.8, 4) is 0 Å². The van der Waals surface area contributed by atoms with E-state index < -0.39 is 30.4 Å². The van der Waals surface area contributed by atoms with Gasteiger partial charge in [0.2, 0.25) is 5.91 Å². The lowest BCUT2D eigenvalue weighted by Gasteiger charge is -2.20. The number of ether oxygens (including phenoxy) is 1. The molecule has 2 amide bonds. The van der Waals surface area contributed by atoms with Gasteiger partial charge in [0, 0.05) is 0 Å². The summed E-state index contributed by atoms with van der Waals surface area (Å²) in [5, 5.41) is 7.95. The van der Waals surface area contributed by atoms with Crippen molar-refractivity contribution < 1.29 is 19.1 Å². The van der Waals surface area contributed by atoms with Crippen molar-refractivity contribution in [1.82, 2.24) is 16.0 Å². The number of Topliss-reactive ketones (excluding diaryl/α,β-unsaturated/α-hetero) is 1. The standard InChI is InChI=1S/C18H29N5O4/c1-12(13(2)24)22-16(25)15(9-6-10-21-17(19)20)23-18(26)27-11-14-7-4-3-5-8-14/h3-5,7-8,12,15,17,21H,6,9-11,19-20H2,1-2H3,(H,22,25)(H,23,26)/t12-,15-/m0/s1. The zero-order valence-electron chi connectivity index (χ0n) is 15.7. The van der Waals surface area contributed by atoms with Crippen molar-refractivity contribution in [1.29, 1.82) is 0 Å². The van der Waals surface area contributed by atoms with Gasteiger partial charge < -0.3 is 26.8 Å². The van der Waals surface area contributed by atoms with Crippen LogP contribution in [0.25, 0.3) is 0 Å². The average molecular weight is 379 g/mol. The van der Waals surface area contributed by atoms with Gasteiger partial charge in [-0.2, -0.15) is 0 Å². The van der Waals surface area contributed by atoms with Crippen LogP contribution >= 0.6 is 0 Å². The van der Waals surface area contributed by atoms with Gasteiger partial charge in [-0.3, -0.25) is 14.9 Å². The van der Waals surface area contributed by atoms with Gasteiger partial charge in [-0.05, 0) is 38.8 Å². The van der Waals surface area contributed by atoms with Crippen molar-refractivity contribution in [2.75, 3.05) is 6.54 Å². The lowest BCUT2D eigenvalue weighted by atomic mass is 10.1. The Kier molecular flexibility index (Phi) is 10.0.